The van der Waals surface area contributed by atoms with E-state index in [0.717, 1.165) is 11.8 Å². The monoisotopic (exact) mass is 402 g/mol. The lowest BCUT2D eigenvalue weighted by molar-refractivity contribution is 0.448. The maximum Gasteiger partial charge on any atom is 0.00653 e. The van der Waals surface area contributed by atoms with Crippen molar-refractivity contribution in [2.75, 3.05) is 11.5 Å². The van der Waals surface area contributed by atoms with Crippen LogP contribution in [0.1, 0.15) is 130 Å². The lowest BCUT2D eigenvalue weighted by atomic mass is 9.97. The van der Waals surface area contributed by atoms with Gasteiger partial charge < -0.3 is 0 Å². The summed E-state index contributed by atoms with van der Waals surface area (Å²) in [5.41, 5.74) is 0. The van der Waals surface area contributed by atoms with E-state index in [-0.39, 0.29) is 0 Å². The van der Waals surface area contributed by atoms with E-state index in [1.54, 1.807) is 0 Å². The number of unbranched alkanes of at least 4 members (excludes halogenated alkanes) is 8. The molecule has 0 spiro atoms. The lowest BCUT2D eigenvalue weighted by Crippen LogP contribution is -2.06. The summed E-state index contributed by atoms with van der Waals surface area (Å²) in [7, 11) is 4.40. The van der Waals surface area contributed by atoms with E-state index in [2.05, 4.69) is 49.3 Å². The molecule has 0 aliphatic rings. The summed E-state index contributed by atoms with van der Waals surface area (Å²) in [5.74, 6) is 4.75. The summed E-state index contributed by atoms with van der Waals surface area (Å²) >= 11 is 0. The average Bonchev–Trinajstić information content (AvgIpc) is 2.64. The number of hydrogen-bond acceptors (Lipinski definition) is 2. The molecule has 0 aromatic carbocycles. The molecule has 0 radical (unpaired) electrons. The van der Waals surface area contributed by atoms with Gasteiger partial charge in [-0.2, -0.15) is 0 Å². The Morgan fingerprint density at radius 3 is 0.923 bits per heavy atom. The Bertz CT molecular complexity index is 209. The van der Waals surface area contributed by atoms with Crippen LogP contribution in [0.2, 0.25) is 0 Å². The normalized spacial score (nSPS) is 11.8. The zero-order chi connectivity index (χ0) is 19.3. The van der Waals surface area contributed by atoms with Crippen LogP contribution in [0, 0.1) is 11.8 Å². The van der Waals surface area contributed by atoms with E-state index >= 15 is 0 Å². The molecule has 0 N–H and O–H groups in total. The van der Waals surface area contributed by atoms with Gasteiger partial charge in [0.1, 0.15) is 0 Å². The van der Waals surface area contributed by atoms with Crippen molar-refractivity contribution >= 4 is 21.6 Å². The molecule has 0 unspecified atom stereocenters. The Morgan fingerprint density at radius 2 is 0.692 bits per heavy atom. The highest BCUT2D eigenvalue weighted by molar-refractivity contribution is 8.76. The second-order valence-corrected chi connectivity index (χ2v) is 10.8. The van der Waals surface area contributed by atoms with Gasteiger partial charge in [0.15, 0.2) is 0 Å². The molecule has 0 heterocycles. The van der Waals surface area contributed by atoms with Gasteiger partial charge in [-0.05, 0) is 37.5 Å². The molecule has 0 aromatic rings. The summed E-state index contributed by atoms with van der Waals surface area (Å²) < 4.78 is 0. The van der Waals surface area contributed by atoms with Crippen LogP contribution >= 0.6 is 21.6 Å². The third-order valence-corrected chi connectivity index (χ3v) is 8.25. The van der Waals surface area contributed by atoms with Crippen molar-refractivity contribution < 1.29 is 0 Å². The molecule has 0 aliphatic heterocycles. The molecule has 26 heavy (non-hydrogen) atoms. The van der Waals surface area contributed by atoms with E-state index < -0.39 is 0 Å². The molecule has 0 aromatic heterocycles. The summed E-state index contributed by atoms with van der Waals surface area (Å²) in [5, 5.41) is 0. The fourth-order valence-corrected chi connectivity index (χ4v) is 6.62. The molecule has 0 saturated carbocycles. The van der Waals surface area contributed by atoms with E-state index in [1.165, 1.54) is 114 Å². The zero-order valence-electron chi connectivity index (χ0n) is 18.7. The molecule has 0 saturated heterocycles. The zero-order valence-corrected chi connectivity index (χ0v) is 20.3. The first kappa shape index (κ1) is 26.7. The smallest absolute Gasteiger partial charge is 0.00653 e. The van der Waals surface area contributed by atoms with Crippen molar-refractivity contribution in [1.29, 1.82) is 0 Å². The topological polar surface area (TPSA) is 0 Å². The van der Waals surface area contributed by atoms with Gasteiger partial charge in [0.2, 0.25) is 0 Å². The van der Waals surface area contributed by atoms with Crippen molar-refractivity contribution in [2.45, 2.75) is 130 Å². The molecule has 0 bridgehead atoms. The predicted octanol–water partition coefficient (Wildman–Crippen LogP) is 9.92. The van der Waals surface area contributed by atoms with Crippen LogP contribution < -0.4 is 0 Å². The van der Waals surface area contributed by atoms with Crippen LogP contribution in [0.4, 0.5) is 0 Å². The molecule has 0 rings (SSSR count). The van der Waals surface area contributed by atoms with Crippen LogP contribution in [-0.4, -0.2) is 11.5 Å². The van der Waals surface area contributed by atoms with Gasteiger partial charge in [-0.25, -0.2) is 0 Å². The van der Waals surface area contributed by atoms with Gasteiger partial charge in [-0.3, -0.25) is 0 Å². The molecule has 0 nitrogen and oxygen atoms in total. The van der Waals surface area contributed by atoms with Crippen molar-refractivity contribution in [3.05, 3.63) is 0 Å². The SMILES string of the molecule is CCCCCC(CCCCC)CSSCC(CCCCC)CCCCC. The highest BCUT2D eigenvalue weighted by Gasteiger charge is 2.12. The number of hydrogen-bond donors (Lipinski definition) is 0. The van der Waals surface area contributed by atoms with Crippen LogP contribution in [0.15, 0.2) is 0 Å². The van der Waals surface area contributed by atoms with Crippen molar-refractivity contribution in [2.24, 2.45) is 11.8 Å². The van der Waals surface area contributed by atoms with Crippen molar-refractivity contribution in [3.8, 4) is 0 Å². The summed E-state index contributed by atoms with van der Waals surface area (Å²) in [4.78, 5) is 0. The first-order valence-electron chi connectivity index (χ1n) is 12.0. The fraction of sp³-hybridized carbons (Fsp3) is 1.00. The maximum atomic E-state index is 2.33. The van der Waals surface area contributed by atoms with Crippen molar-refractivity contribution in [1.82, 2.24) is 0 Å². The molecule has 158 valence electrons. The Balaban J connectivity index is 4.04. The minimum Gasteiger partial charge on any atom is -0.0939 e. The fourth-order valence-electron chi connectivity index (χ4n) is 3.64. The summed E-state index contributed by atoms with van der Waals surface area (Å²) in [6.45, 7) is 9.31. The highest BCUT2D eigenvalue weighted by atomic mass is 33.1. The van der Waals surface area contributed by atoms with Gasteiger partial charge in [-0.1, -0.05) is 126 Å². The molecule has 0 fully saturated rings. The van der Waals surface area contributed by atoms with E-state index in [0.29, 0.717) is 0 Å². The van der Waals surface area contributed by atoms with Crippen LogP contribution in [-0.2, 0) is 0 Å². The van der Waals surface area contributed by atoms with Crippen LogP contribution in [0.25, 0.3) is 0 Å². The minimum absolute atomic E-state index is 0.976. The quantitative estimate of drug-likeness (QED) is 0.138. The Kier molecular flexibility index (Phi) is 22.6. The lowest BCUT2D eigenvalue weighted by Gasteiger charge is -2.18. The van der Waals surface area contributed by atoms with E-state index in [9.17, 15) is 0 Å². The Hall–Kier alpha value is 0.700. The molecular weight excluding hydrogens is 352 g/mol. The first-order chi connectivity index (χ1) is 12.8. The number of rotatable bonds is 21. The van der Waals surface area contributed by atoms with Gasteiger partial charge in [0.05, 0.1) is 0 Å². The standard InChI is InChI=1S/C24H50S2/c1-5-9-13-17-23(18-14-10-6-2)21-25-26-22-24(19-15-11-7-3)20-16-12-8-4/h23-24H,5-22H2,1-4H3. The predicted molar refractivity (Wildman–Crippen MR) is 128 cm³/mol. The van der Waals surface area contributed by atoms with Gasteiger partial charge in [0.25, 0.3) is 0 Å². The third kappa shape index (κ3) is 18.1. The maximum absolute atomic E-state index is 2.33. The van der Waals surface area contributed by atoms with Crippen molar-refractivity contribution in [3.63, 3.8) is 0 Å². The molecule has 0 amide bonds. The average molecular weight is 403 g/mol. The van der Waals surface area contributed by atoms with Gasteiger partial charge in [-0.15, -0.1) is 0 Å². The molecular formula is C24H50S2. The Morgan fingerprint density at radius 1 is 0.423 bits per heavy atom. The minimum atomic E-state index is 0.976. The first-order valence-corrected chi connectivity index (χ1v) is 14.5. The molecule has 0 atom stereocenters. The third-order valence-electron chi connectivity index (χ3n) is 5.55. The molecule has 2 heteroatoms. The van der Waals surface area contributed by atoms with Gasteiger partial charge in [0, 0.05) is 11.5 Å². The van der Waals surface area contributed by atoms with Gasteiger partial charge >= 0.3 is 0 Å². The van der Waals surface area contributed by atoms with E-state index in [1.807, 2.05) is 0 Å². The Labute approximate surface area is 175 Å². The summed E-state index contributed by atoms with van der Waals surface area (Å²) in [6.07, 6.45) is 22.9. The molecule has 0 aliphatic carbocycles. The van der Waals surface area contributed by atoms with Crippen LogP contribution in [0.5, 0.6) is 0 Å². The van der Waals surface area contributed by atoms with Crippen LogP contribution in [0.3, 0.4) is 0 Å². The highest BCUT2D eigenvalue weighted by Crippen LogP contribution is 2.32. The van der Waals surface area contributed by atoms with E-state index in [4.69, 9.17) is 0 Å². The largest absolute Gasteiger partial charge is 0.0939 e. The second-order valence-electron chi connectivity index (χ2n) is 8.28. The summed E-state index contributed by atoms with van der Waals surface area (Å²) in [6, 6.07) is 0. The second kappa shape index (κ2) is 22.0.